The number of hydrogen-bond donors (Lipinski definition) is 0. The van der Waals surface area contributed by atoms with Gasteiger partial charge in [0.05, 0.1) is 16.5 Å². The van der Waals surface area contributed by atoms with Crippen LogP contribution < -0.4 is 4.74 Å². The number of rotatable bonds is 6. The van der Waals surface area contributed by atoms with Crippen molar-refractivity contribution in [1.82, 2.24) is 4.90 Å². The Bertz CT molecular complexity index is 1030. The van der Waals surface area contributed by atoms with Crippen LogP contribution in [0.2, 0.25) is 0 Å². The van der Waals surface area contributed by atoms with Crippen LogP contribution in [-0.2, 0) is 11.4 Å². The number of carbonyl (C=O) groups excluding carboxylic acids is 1. The first kappa shape index (κ1) is 21.7. The second-order valence-electron chi connectivity index (χ2n) is 7.48. The lowest BCUT2D eigenvalue weighted by Gasteiger charge is -2.20. The number of nitriles is 1. The van der Waals surface area contributed by atoms with Crippen LogP contribution in [0.3, 0.4) is 0 Å². The zero-order chi connectivity index (χ0) is 21.7. The lowest BCUT2D eigenvalue weighted by Crippen LogP contribution is -2.35. The van der Waals surface area contributed by atoms with Gasteiger partial charge >= 0.3 is 0 Å². The van der Waals surface area contributed by atoms with Gasteiger partial charge < -0.3 is 4.74 Å². The lowest BCUT2D eigenvalue weighted by molar-refractivity contribution is -0.123. The maximum Gasteiger partial charge on any atom is 0.266 e. The van der Waals surface area contributed by atoms with Crippen molar-refractivity contribution in [3.8, 4) is 11.8 Å². The van der Waals surface area contributed by atoms with E-state index in [0.717, 1.165) is 16.3 Å². The van der Waals surface area contributed by atoms with E-state index in [1.807, 2.05) is 76.2 Å². The van der Waals surface area contributed by atoms with Gasteiger partial charge in [-0.05, 0) is 57.7 Å². The van der Waals surface area contributed by atoms with Crippen LogP contribution in [-0.4, -0.2) is 28.1 Å². The van der Waals surface area contributed by atoms with Crippen LogP contribution in [0.25, 0.3) is 6.08 Å². The third kappa shape index (κ3) is 4.92. The van der Waals surface area contributed by atoms with Crippen LogP contribution in [0.4, 0.5) is 0 Å². The van der Waals surface area contributed by atoms with E-state index in [0.29, 0.717) is 16.2 Å². The van der Waals surface area contributed by atoms with E-state index in [9.17, 15) is 10.1 Å². The zero-order valence-electron chi connectivity index (χ0n) is 17.6. The molecule has 0 spiro atoms. The maximum atomic E-state index is 13.0. The summed E-state index contributed by atoms with van der Waals surface area (Å²) in [6.07, 6.45) is 1.86. The quantitative estimate of drug-likeness (QED) is 0.602. The van der Waals surface area contributed by atoms with Gasteiger partial charge in [0.2, 0.25) is 0 Å². The first-order chi connectivity index (χ1) is 14.4. The average Bonchev–Trinajstić information content (AvgIpc) is 3.01. The Balaban J connectivity index is 1.88. The van der Waals surface area contributed by atoms with Gasteiger partial charge in [-0.1, -0.05) is 36.4 Å². The van der Waals surface area contributed by atoms with Crippen molar-refractivity contribution in [1.29, 1.82) is 5.26 Å². The van der Waals surface area contributed by atoms with E-state index < -0.39 is 0 Å². The standard InChI is InChI=1S/C24H25N3O2S/c1-16(2)26-24-27(17(3)4)23(28)22(30-24)13-18-9-7-8-12-21(18)29-15-20-11-6-5-10-19(20)14-25/h5-13,16-17H,15H2,1-4H3/b22-13+,26-24?. The fraction of sp³-hybridized carbons (Fsp3) is 0.292. The number of hydrogen-bond acceptors (Lipinski definition) is 5. The molecule has 0 unspecified atom stereocenters. The summed E-state index contributed by atoms with van der Waals surface area (Å²) in [7, 11) is 0. The Labute approximate surface area is 182 Å². The normalized spacial score (nSPS) is 16.7. The summed E-state index contributed by atoms with van der Waals surface area (Å²) in [6, 6.07) is 17.3. The molecule has 154 valence electrons. The Morgan fingerprint density at radius 2 is 1.83 bits per heavy atom. The van der Waals surface area contributed by atoms with Gasteiger partial charge in [-0.3, -0.25) is 14.7 Å². The van der Waals surface area contributed by atoms with Crippen LogP contribution in [0, 0.1) is 11.3 Å². The molecular weight excluding hydrogens is 394 g/mol. The number of aliphatic imine (C=N–C) groups is 1. The number of amides is 1. The first-order valence-electron chi connectivity index (χ1n) is 9.91. The fourth-order valence-electron chi connectivity index (χ4n) is 3.04. The number of ether oxygens (including phenoxy) is 1. The molecule has 1 heterocycles. The highest BCUT2D eigenvalue weighted by molar-refractivity contribution is 8.18. The molecular formula is C24H25N3O2S. The topological polar surface area (TPSA) is 65.7 Å². The molecule has 0 bridgehead atoms. The molecule has 0 atom stereocenters. The van der Waals surface area contributed by atoms with Gasteiger partial charge in [0.25, 0.3) is 5.91 Å². The summed E-state index contributed by atoms with van der Waals surface area (Å²) in [6.45, 7) is 8.26. The number of benzene rings is 2. The van der Waals surface area contributed by atoms with Crippen molar-refractivity contribution < 1.29 is 9.53 Å². The van der Waals surface area contributed by atoms with E-state index in [2.05, 4.69) is 11.1 Å². The molecule has 0 aliphatic carbocycles. The highest BCUT2D eigenvalue weighted by Gasteiger charge is 2.35. The third-order valence-corrected chi connectivity index (χ3v) is 5.45. The molecule has 1 aliphatic heterocycles. The van der Waals surface area contributed by atoms with E-state index in [1.165, 1.54) is 11.8 Å². The van der Waals surface area contributed by atoms with Crippen molar-refractivity contribution >= 4 is 28.9 Å². The van der Waals surface area contributed by atoms with Crippen molar-refractivity contribution in [3.05, 3.63) is 70.1 Å². The number of para-hydroxylation sites is 1. The minimum absolute atomic E-state index is 0.0300. The molecule has 0 radical (unpaired) electrons. The van der Waals surface area contributed by atoms with Crippen molar-refractivity contribution in [2.45, 2.75) is 46.4 Å². The van der Waals surface area contributed by atoms with Crippen LogP contribution in [0.1, 0.15) is 44.4 Å². The summed E-state index contributed by atoms with van der Waals surface area (Å²) in [5.74, 6) is 0.621. The highest BCUT2D eigenvalue weighted by Crippen LogP contribution is 2.35. The molecule has 1 fully saturated rings. The average molecular weight is 420 g/mol. The van der Waals surface area contributed by atoms with Crippen molar-refractivity contribution in [2.24, 2.45) is 4.99 Å². The van der Waals surface area contributed by atoms with Gasteiger partial charge in [0.15, 0.2) is 5.17 Å². The minimum Gasteiger partial charge on any atom is -0.488 e. The molecule has 5 nitrogen and oxygen atoms in total. The molecule has 0 aromatic heterocycles. The Morgan fingerprint density at radius 1 is 1.13 bits per heavy atom. The summed E-state index contributed by atoms with van der Waals surface area (Å²) in [4.78, 5) is 20.0. The van der Waals surface area contributed by atoms with Gasteiger partial charge in [0.1, 0.15) is 12.4 Å². The van der Waals surface area contributed by atoms with Gasteiger partial charge in [0, 0.05) is 23.2 Å². The van der Waals surface area contributed by atoms with Crippen molar-refractivity contribution in [2.75, 3.05) is 0 Å². The molecule has 0 saturated carbocycles. The van der Waals surface area contributed by atoms with E-state index in [4.69, 9.17) is 4.74 Å². The minimum atomic E-state index is -0.0426. The summed E-state index contributed by atoms with van der Waals surface area (Å²) >= 11 is 1.40. The van der Waals surface area contributed by atoms with Crippen LogP contribution >= 0.6 is 11.8 Å². The van der Waals surface area contributed by atoms with Crippen molar-refractivity contribution in [3.63, 3.8) is 0 Å². The van der Waals surface area contributed by atoms with Gasteiger partial charge in [-0.15, -0.1) is 0 Å². The summed E-state index contributed by atoms with van der Waals surface area (Å²) in [5.41, 5.74) is 2.24. The van der Waals surface area contributed by atoms with Crippen LogP contribution in [0.5, 0.6) is 5.75 Å². The predicted octanol–water partition coefficient (Wildman–Crippen LogP) is 5.23. The molecule has 6 heteroatoms. The summed E-state index contributed by atoms with van der Waals surface area (Å²) in [5, 5.41) is 10.0. The fourth-order valence-corrected chi connectivity index (χ4v) is 4.26. The maximum absolute atomic E-state index is 13.0. The van der Waals surface area contributed by atoms with Gasteiger partial charge in [-0.2, -0.15) is 5.26 Å². The molecule has 2 aromatic carbocycles. The number of amidine groups is 1. The summed E-state index contributed by atoms with van der Waals surface area (Å²) < 4.78 is 6.02. The number of carbonyl (C=O) groups is 1. The molecule has 1 saturated heterocycles. The zero-order valence-corrected chi connectivity index (χ0v) is 18.4. The smallest absolute Gasteiger partial charge is 0.266 e. The molecule has 0 N–H and O–H groups in total. The first-order valence-corrected chi connectivity index (χ1v) is 10.7. The molecule has 3 rings (SSSR count). The molecule has 1 aliphatic rings. The predicted molar refractivity (Wildman–Crippen MR) is 122 cm³/mol. The Kier molecular flexibility index (Phi) is 6.96. The number of nitrogens with zero attached hydrogens (tertiary/aromatic N) is 3. The van der Waals surface area contributed by atoms with Crippen LogP contribution in [0.15, 0.2) is 58.4 Å². The Morgan fingerprint density at radius 3 is 2.53 bits per heavy atom. The largest absolute Gasteiger partial charge is 0.488 e. The highest BCUT2D eigenvalue weighted by atomic mass is 32.2. The Hall–Kier alpha value is -3.04. The van der Waals surface area contributed by atoms with E-state index in [1.54, 1.807) is 11.0 Å². The SMILES string of the molecule is CC(C)N=C1S/C(=C/c2ccccc2OCc2ccccc2C#N)C(=O)N1C(C)C. The molecule has 1 amide bonds. The van der Waals surface area contributed by atoms with Gasteiger partial charge in [-0.25, -0.2) is 0 Å². The van der Waals surface area contributed by atoms with E-state index >= 15 is 0 Å². The lowest BCUT2D eigenvalue weighted by atomic mass is 10.1. The monoisotopic (exact) mass is 419 g/mol. The second kappa shape index (κ2) is 9.64. The third-order valence-electron chi connectivity index (χ3n) is 4.45. The van der Waals surface area contributed by atoms with E-state index in [-0.39, 0.29) is 24.6 Å². The molecule has 2 aromatic rings. The number of thioether (sulfide) groups is 1. The second-order valence-corrected chi connectivity index (χ2v) is 8.49. The molecule has 30 heavy (non-hydrogen) atoms.